The van der Waals surface area contributed by atoms with Gasteiger partial charge in [0.05, 0.1) is 30.7 Å². The minimum atomic E-state index is 0.326. The monoisotopic (exact) mass is 282 g/mol. The van der Waals surface area contributed by atoms with Gasteiger partial charge in [-0.1, -0.05) is 6.92 Å². The molecule has 0 aromatic rings. The maximum atomic E-state index is 3.49. The fraction of sp³-hybridized carbons (Fsp3) is 1.00. The molecule has 0 aromatic carbocycles. The van der Waals surface area contributed by atoms with Crippen molar-refractivity contribution >= 4 is 0 Å². The summed E-state index contributed by atoms with van der Waals surface area (Å²) in [4.78, 5) is 10.1. The Morgan fingerprint density at radius 3 is 1.70 bits per heavy atom. The van der Waals surface area contributed by atoms with E-state index in [4.69, 9.17) is 0 Å². The van der Waals surface area contributed by atoms with Crippen molar-refractivity contribution < 1.29 is 0 Å². The molecule has 6 heteroatoms. The summed E-state index contributed by atoms with van der Waals surface area (Å²) in [5.74, 6) is 0.741. The first-order valence-corrected chi connectivity index (χ1v) is 7.68. The lowest BCUT2D eigenvalue weighted by molar-refractivity contribution is -0.268. The molecule has 0 spiro atoms. The number of likely N-dealkylation sites (N-methyl/N-ethyl adjacent to an activating group) is 6. The standard InChI is InChI=1S/C14H30N6/c1-8-9-10-14(20(7)13(8)18(9)5)19(6)12(16-3)11(15-2)17(10)4/h8-16H,1-7H3/t8?,9-,10?,11?,12-,13?,14?/m0/s1. The molecule has 4 rings (SSSR count). The van der Waals surface area contributed by atoms with Gasteiger partial charge in [0.15, 0.2) is 0 Å². The van der Waals surface area contributed by atoms with Gasteiger partial charge in [-0.2, -0.15) is 0 Å². The average Bonchev–Trinajstić information content (AvgIpc) is 2.41. The minimum Gasteiger partial charge on any atom is -0.302 e. The number of piperazine rings is 1. The van der Waals surface area contributed by atoms with Crippen LogP contribution < -0.4 is 10.6 Å². The first kappa shape index (κ1) is 14.7. The SMILES string of the molecule is CNC1[C@@H](NC)N(C)C2C([C@@H]3C(C)C(N2C)N3C)N1C. The summed E-state index contributed by atoms with van der Waals surface area (Å²) in [5.41, 5.74) is 0. The summed E-state index contributed by atoms with van der Waals surface area (Å²) in [6, 6.07) is 1.19. The number of hydrogen-bond acceptors (Lipinski definition) is 6. The van der Waals surface area contributed by atoms with Gasteiger partial charge in [0.2, 0.25) is 0 Å². The molecule has 4 aliphatic heterocycles. The van der Waals surface area contributed by atoms with Crippen LogP contribution in [0.2, 0.25) is 0 Å². The number of nitrogens with zero attached hydrogens (tertiary/aromatic N) is 4. The van der Waals surface area contributed by atoms with E-state index in [1.165, 1.54) is 0 Å². The maximum absolute atomic E-state index is 3.49. The van der Waals surface area contributed by atoms with Crippen LogP contribution in [0.15, 0.2) is 0 Å². The fourth-order valence-corrected chi connectivity index (χ4v) is 5.27. The van der Waals surface area contributed by atoms with Gasteiger partial charge < -0.3 is 10.6 Å². The van der Waals surface area contributed by atoms with Crippen molar-refractivity contribution in [1.29, 1.82) is 0 Å². The number of rotatable bonds is 2. The van der Waals surface area contributed by atoms with Crippen molar-refractivity contribution in [2.75, 3.05) is 42.3 Å². The van der Waals surface area contributed by atoms with E-state index in [1.807, 2.05) is 0 Å². The van der Waals surface area contributed by atoms with Gasteiger partial charge in [0.25, 0.3) is 0 Å². The van der Waals surface area contributed by atoms with Crippen LogP contribution in [0.25, 0.3) is 0 Å². The number of piperidine rings is 1. The zero-order valence-corrected chi connectivity index (χ0v) is 13.8. The predicted molar refractivity (Wildman–Crippen MR) is 81.1 cm³/mol. The highest BCUT2D eigenvalue weighted by molar-refractivity contribution is 5.15. The van der Waals surface area contributed by atoms with Crippen LogP contribution in [0.3, 0.4) is 0 Å². The fourth-order valence-electron chi connectivity index (χ4n) is 5.27. The summed E-state index contributed by atoms with van der Waals surface area (Å²) in [7, 11) is 13.2. The normalized spacial score (nSPS) is 50.9. The predicted octanol–water partition coefficient (Wildman–Crippen LogP) is -1.13. The summed E-state index contributed by atoms with van der Waals surface area (Å²) in [6.07, 6.45) is 1.72. The molecule has 4 fully saturated rings. The molecule has 4 aliphatic rings. The third-order valence-electron chi connectivity index (χ3n) is 6.04. The highest BCUT2D eigenvalue weighted by Gasteiger charge is 2.63. The zero-order chi connectivity index (χ0) is 14.8. The third-order valence-corrected chi connectivity index (χ3v) is 6.04. The van der Waals surface area contributed by atoms with Crippen LogP contribution >= 0.6 is 0 Å². The minimum absolute atomic E-state index is 0.326. The third kappa shape index (κ3) is 1.60. The van der Waals surface area contributed by atoms with Crippen molar-refractivity contribution in [3.63, 3.8) is 0 Å². The van der Waals surface area contributed by atoms with E-state index in [0.29, 0.717) is 36.7 Å². The van der Waals surface area contributed by atoms with E-state index in [9.17, 15) is 0 Å². The molecular weight excluding hydrogens is 252 g/mol. The lowest BCUT2D eigenvalue weighted by Crippen LogP contribution is -2.89. The Morgan fingerprint density at radius 2 is 1.20 bits per heavy atom. The van der Waals surface area contributed by atoms with Gasteiger partial charge in [-0.05, 0) is 42.3 Å². The number of hydrogen-bond donors (Lipinski definition) is 2. The van der Waals surface area contributed by atoms with Gasteiger partial charge in [0.1, 0.15) is 0 Å². The largest absolute Gasteiger partial charge is 0.302 e. The second kappa shape index (κ2) is 4.90. The molecule has 4 heterocycles. The smallest absolute Gasteiger partial charge is 0.0901 e. The molecule has 7 atom stereocenters. The van der Waals surface area contributed by atoms with E-state index in [0.717, 1.165) is 5.92 Å². The summed E-state index contributed by atoms with van der Waals surface area (Å²) < 4.78 is 0. The Kier molecular flexibility index (Phi) is 3.60. The van der Waals surface area contributed by atoms with Crippen LogP contribution in [0.4, 0.5) is 0 Å². The summed E-state index contributed by atoms with van der Waals surface area (Å²) in [6.45, 7) is 2.40. The molecule has 116 valence electrons. The number of nitrogens with one attached hydrogen (secondary N) is 2. The highest BCUT2D eigenvalue weighted by Crippen LogP contribution is 2.46. The van der Waals surface area contributed by atoms with Gasteiger partial charge in [-0.25, -0.2) is 0 Å². The molecule has 2 N–H and O–H groups in total. The quantitative estimate of drug-likeness (QED) is 0.668. The molecule has 0 aliphatic carbocycles. The van der Waals surface area contributed by atoms with Crippen molar-refractivity contribution in [3.05, 3.63) is 0 Å². The van der Waals surface area contributed by atoms with Crippen LogP contribution in [-0.2, 0) is 0 Å². The van der Waals surface area contributed by atoms with Gasteiger partial charge >= 0.3 is 0 Å². The Bertz CT molecular complexity index is 367. The molecule has 0 aromatic heterocycles. The van der Waals surface area contributed by atoms with Crippen molar-refractivity contribution in [1.82, 2.24) is 30.2 Å². The summed E-state index contributed by atoms with van der Waals surface area (Å²) in [5, 5.41) is 6.96. The first-order chi connectivity index (χ1) is 9.45. The Morgan fingerprint density at radius 1 is 0.650 bits per heavy atom. The molecule has 20 heavy (non-hydrogen) atoms. The maximum Gasteiger partial charge on any atom is 0.0901 e. The van der Waals surface area contributed by atoms with E-state index in [2.05, 4.69) is 79.4 Å². The van der Waals surface area contributed by atoms with Gasteiger partial charge in [0, 0.05) is 12.0 Å². The Balaban J connectivity index is 1.96. The van der Waals surface area contributed by atoms with Gasteiger partial charge in [-0.3, -0.25) is 19.6 Å². The van der Waals surface area contributed by atoms with E-state index in [1.54, 1.807) is 0 Å². The molecule has 2 bridgehead atoms. The second-order valence-corrected chi connectivity index (χ2v) is 6.80. The van der Waals surface area contributed by atoms with E-state index in [-0.39, 0.29) is 0 Å². The molecule has 6 nitrogen and oxygen atoms in total. The van der Waals surface area contributed by atoms with E-state index >= 15 is 0 Å². The Hall–Kier alpha value is -0.240. The van der Waals surface area contributed by atoms with Crippen molar-refractivity contribution in [2.24, 2.45) is 5.92 Å². The molecular formula is C14H30N6. The Labute approximate surface area is 123 Å². The molecule has 0 amide bonds. The molecule has 0 radical (unpaired) electrons. The molecule has 4 saturated heterocycles. The van der Waals surface area contributed by atoms with Crippen LogP contribution in [-0.4, -0.2) is 98.6 Å². The van der Waals surface area contributed by atoms with Crippen LogP contribution in [0.5, 0.6) is 0 Å². The highest BCUT2D eigenvalue weighted by atomic mass is 15.6. The van der Waals surface area contributed by atoms with Crippen molar-refractivity contribution in [3.8, 4) is 0 Å². The topological polar surface area (TPSA) is 37.0 Å². The molecule has 0 saturated carbocycles. The lowest BCUT2D eigenvalue weighted by Gasteiger charge is -2.72. The lowest BCUT2D eigenvalue weighted by atomic mass is 9.73. The van der Waals surface area contributed by atoms with E-state index < -0.39 is 0 Å². The van der Waals surface area contributed by atoms with Gasteiger partial charge in [-0.15, -0.1) is 0 Å². The van der Waals surface area contributed by atoms with Crippen LogP contribution in [0, 0.1) is 5.92 Å². The average molecular weight is 282 g/mol. The first-order valence-electron chi connectivity index (χ1n) is 7.68. The second-order valence-electron chi connectivity index (χ2n) is 6.80. The zero-order valence-electron chi connectivity index (χ0n) is 13.8. The summed E-state index contributed by atoms with van der Waals surface area (Å²) >= 11 is 0. The van der Waals surface area contributed by atoms with Crippen LogP contribution in [0.1, 0.15) is 6.92 Å². The molecule has 5 unspecified atom stereocenters. The van der Waals surface area contributed by atoms with Crippen molar-refractivity contribution in [2.45, 2.75) is 43.7 Å².